The highest BCUT2D eigenvalue weighted by atomic mass is 35.5. The minimum atomic E-state index is -1.51. The third kappa shape index (κ3) is 3.82. The molecule has 0 aliphatic carbocycles. The van der Waals surface area contributed by atoms with Gasteiger partial charge in [0.2, 0.25) is 0 Å². The molecule has 0 fully saturated rings. The Bertz CT molecular complexity index is 268. The second-order valence-electron chi connectivity index (χ2n) is 4.28. The van der Waals surface area contributed by atoms with E-state index in [4.69, 9.17) is 16.0 Å². The Balaban J connectivity index is 2.73. The summed E-state index contributed by atoms with van der Waals surface area (Å²) in [5, 5.41) is 0. The van der Waals surface area contributed by atoms with Gasteiger partial charge in [-0.2, -0.15) is 0 Å². The highest BCUT2D eigenvalue weighted by Crippen LogP contribution is 2.23. The van der Waals surface area contributed by atoms with Crippen LogP contribution in [0.25, 0.3) is 0 Å². The lowest BCUT2D eigenvalue weighted by Crippen LogP contribution is -2.28. The third-order valence-electron chi connectivity index (χ3n) is 1.81. The molecule has 0 saturated heterocycles. The number of rotatable bonds is 4. The van der Waals surface area contributed by atoms with Gasteiger partial charge in [-0.1, -0.05) is 30.3 Å². The summed E-state index contributed by atoms with van der Waals surface area (Å²) in [7, 11) is -1.51. The van der Waals surface area contributed by atoms with Crippen molar-refractivity contribution < 1.29 is 4.43 Å². The first kappa shape index (κ1) is 11.8. The monoisotopic (exact) mass is 228 g/mol. The first-order chi connectivity index (χ1) is 6.53. The van der Waals surface area contributed by atoms with Crippen molar-refractivity contribution in [2.24, 2.45) is 0 Å². The molecule has 0 radical (unpaired) electrons. The Morgan fingerprint density at radius 2 is 1.79 bits per heavy atom. The Morgan fingerprint density at radius 1 is 1.21 bits per heavy atom. The normalized spacial score (nSPS) is 14.0. The zero-order chi connectivity index (χ0) is 10.6. The summed E-state index contributed by atoms with van der Waals surface area (Å²) in [6.45, 7) is 6.53. The SMILES string of the molecule is C[Si](C)(C)O[C@H](CCl)c1ccccc1. The van der Waals surface area contributed by atoms with Crippen LogP contribution in [0.3, 0.4) is 0 Å². The van der Waals surface area contributed by atoms with Crippen LogP contribution in [-0.4, -0.2) is 14.2 Å². The van der Waals surface area contributed by atoms with E-state index in [0.29, 0.717) is 5.88 Å². The molecule has 0 saturated carbocycles. The average Bonchev–Trinajstić information content (AvgIpc) is 2.14. The van der Waals surface area contributed by atoms with Crippen LogP contribution in [0, 0.1) is 0 Å². The van der Waals surface area contributed by atoms with E-state index in [0.717, 1.165) is 0 Å². The summed E-state index contributed by atoms with van der Waals surface area (Å²) in [5.41, 5.74) is 1.17. The average molecular weight is 229 g/mol. The Hall–Kier alpha value is -0.313. The molecule has 1 atom stereocenters. The zero-order valence-electron chi connectivity index (χ0n) is 8.96. The molecule has 0 bridgehead atoms. The molecule has 0 aromatic heterocycles. The van der Waals surface area contributed by atoms with E-state index in [2.05, 4.69) is 31.8 Å². The van der Waals surface area contributed by atoms with Gasteiger partial charge in [-0.3, -0.25) is 0 Å². The second-order valence-corrected chi connectivity index (χ2v) is 9.05. The van der Waals surface area contributed by atoms with Crippen molar-refractivity contribution in [1.29, 1.82) is 0 Å². The fraction of sp³-hybridized carbons (Fsp3) is 0.455. The molecule has 0 N–H and O–H groups in total. The molecule has 0 amide bonds. The number of hydrogen-bond acceptors (Lipinski definition) is 1. The number of halogens is 1. The Morgan fingerprint density at radius 3 is 2.21 bits per heavy atom. The van der Waals surface area contributed by atoms with E-state index in [1.165, 1.54) is 5.56 Å². The van der Waals surface area contributed by atoms with Crippen molar-refractivity contribution >= 4 is 19.9 Å². The van der Waals surface area contributed by atoms with Crippen LogP contribution in [0.5, 0.6) is 0 Å². The van der Waals surface area contributed by atoms with Gasteiger partial charge in [0.05, 0.1) is 12.0 Å². The lowest BCUT2D eigenvalue weighted by Gasteiger charge is -2.25. The zero-order valence-corrected chi connectivity index (χ0v) is 10.7. The van der Waals surface area contributed by atoms with Crippen LogP contribution < -0.4 is 0 Å². The number of hydrogen-bond donors (Lipinski definition) is 0. The smallest absolute Gasteiger partial charge is 0.184 e. The van der Waals surface area contributed by atoms with Crippen LogP contribution >= 0.6 is 11.6 Å². The highest BCUT2D eigenvalue weighted by molar-refractivity contribution is 6.69. The van der Waals surface area contributed by atoms with E-state index in [9.17, 15) is 0 Å². The van der Waals surface area contributed by atoms with Crippen LogP contribution in [0.2, 0.25) is 19.6 Å². The van der Waals surface area contributed by atoms with E-state index >= 15 is 0 Å². The minimum absolute atomic E-state index is 0.0459. The van der Waals surface area contributed by atoms with E-state index in [-0.39, 0.29) is 6.10 Å². The first-order valence-corrected chi connectivity index (χ1v) is 8.76. The molecule has 1 aromatic rings. The largest absolute Gasteiger partial charge is 0.410 e. The van der Waals surface area contributed by atoms with Gasteiger partial charge in [0.25, 0.3) is 0 Å². The van der Waals surface area contributed by atoms with Crippen molar-refractivity contribution in [1.82, 2.24) is 0 Å². The summed E-state index contributed by atoms with van der Waals surface area (Å²) in [5.74, 6) is 0.522. The fourth-order valence-electron chi connectivity index (χ4n) is 1.28. The van der Waals surface area contributed by atoms with E-state index in [1.54, 1.807) is 0 Å². The number of benzene rings is 1. The highest BCUT2D eigenvalue weighted by Gasteiger charge is 2.21. The lowest BCUT2D eigenvalue weighted by molar-refractivity contribution is 0.222. The molecule has 78 valence electrons. The first-order valence-electron chi connectivity index (χ1n) is 4.81. The van der Waals surface area contributed by atoms with Gasteiger partial charge < -0.3 is 4.43 Å². The van der Waals surface area contributed by atoms with Crippen LogP contribution in [0.4, 0.5) is 0 Å². The van der Waals surface area contributed by atoms with Crippen LogP contribution in [0.1, 0.15) is 11.7 Å². The van der Waals surface area contributed by atoms with Crippen molar-refractivity contribution in [3.63, 3.8) is 0 Å². The maximum atomic E-state index is 5.98. The molecule has 0 spiro atoms. The maximum Gasteiger partial charge on any atom is 0.184 e. The molecule has 0 unspecified atom stereocenters. The molecule has 0 heterocycles. The summed E-state index contributed by atoms with van der Waals surface area (Å²) in [6.07, 6.45) is 0.0459. The molecule has 0 aliphatic rings. The van der Waals surface area contributed by atoms with Gasteiger partial charge >= 0.3 is 0 Å². The lowest BCUT2D eigenvalue weighted by atomic mass is 10.1. The van der Waals surface area contributed by atoms with Gasteiger partial charge in [0.15, 0.2) is 8.32 Å². The van der Waals surface area contributed by atoms with Gasteiger partial charge in [-0.05, 0) is 25.2 Å². The molecule has 14 heavy (non-hydrogen) atoms. The van der Waals surface area contributed by atoms with Crippen molar-refractivity contribution in [2.45, 2.75) is 25.7 Å². The van der Waals surface area contributed by atoms with Crippen LogP contribution in [-0.2, 0) is 4.43 Å². The summed E-state index contributed by atoms with van der Waals surface area (Å²) >= 11 is 5.91. The fourth-order valence-corrected chi connectivity index (χ4v) is 2.70. The predicted molar refractivity (Wildman–Crippen MR) is 64.3 cm³/mol. The minimum Gasteiger partial charge on any atom is -0.410 e. The maximum absolute atomic E-state index is 5.98. The Kier molecular flexibility index (Phi) is 4.17. The molecule has 3 heteroatoms. The molecule has 1 rings (SSSR count). The third-order valence-corrected chi connectivity index (χ3v) is 3.08. The quantitative estimate of drug-likeness (QED) is 0.563. The van der Waals surface area contributed by atoms with Gasteiger partial charge in [-0.15, -0.1) is 11.6 Å². The molecular weight excluding hydrogens is 212 g/mol. The second kappa shape index (κ2) is 4.96. The van der Waals surface area contributed by atoms with Crippen LogP contribution in [0.15, 0.2) is 30.3 Å². The van der Waals surface area contributed by atoms with E-state index in [1.807, 2.05) is 18.2 Å². The molecule has 1 nitrogen and oxygen atoms in total. The van der Waals surface area contributed by atoms with Crippen molar-refractivity contribution in [2.75, 3.05) is 5.88 Å². The number of alkyl halides is 1. The molecule has 1 aromatic carbocycles. The summed E-state index contributed by atoms with van der Waals surface area (Å²) < 4.78 is 5.98. The summed E-state index contributed by atoms with van der Waals surface area (Å²) in [4.78, 5) is 0. The van der Waals surface area contributed by atoms with Gasteiger partial charge in [0, 0.05) is 0 Å². The molecule has 0 aliphatic heterocycles. The van der Waals surface area contributed by atoms with Crippen molar-refractivity contribution in [3.05, 3.63) is 35.9 Å². The Labute approximate surface area is 92.2 Å². The van der Waals surface area contributed by atoms with Crippen molar-refractivity contribution in [3.8, 4) is 0 Å². The van der Waals surface area contributed by atoms with Gasteiger partial charge in [-0.25, -0.2) is 0 Å². The standard InChI is InChI=1S/C11H17ClOSi/c1-14(2,3)13-11(9-12)10-7-5-4-6-8-10/h4-8,11H,9H2,1-3H3/t11-/m1/s1. The predicted octanol–water partition coefficient (Wildman–Crippen LogP) is 3.82. The van der Waals surface area contributed by atoms with E-state index < -0.39 is 8.32 Å². The summed E-state index contributed by atoms with van der Waals surface area (Å²) in [6, 6.07) is 10.2. The molecular formula is C11H17ClOSi. The van der Waals surface area contributed by atoms with Gasteiger partial charge in [0.1, 0.15) is 0 Å². The topological polar surface area (TPSA) is 9.23 Å².